The van der Waals surface area contributed by atoms with Gasteiger partial charge in [0, 0.05) is 6.54 Å². The van der Waals surface area contributed by atoms with E-state index in [1.165, 1.54) is 10.4 Å². The maximum Gasteiger partial charge on any atom is 0.264 e. The smallest absolute Gasteiger partial charge is 0.264 e. The Labute approximate surface area is 160 Å². The highest BCUT2D eigenvalue weighted by Gasteiger charge is 2.29. The molecule has 2 aromatic rings. The number of anilines is 2. The predicted molar refractivity (Wildman–Crippen MR) is 108 cm³/mol. The zero-order chi connectivity index (χ0) is 19.7. The van der Waals surface area contributed by atoms with Gasteiger partial charge in [0.2, 0.25) is 10.0 Å². The Kier molecular flexibility index (Phi) is 5.30. The van der Waals surface area contributed by atoms with Crippen LogP contribution in [0, 0.1) is 6.92 Å². The number of sulfonamides is 2. The molecule has 144 valence electrons. The molecule has 0 radical (unpaired) electrons. The number of nitrogens with one attached hydrogen (secondary N) is 1. The summed E-state index contributed by atoms with van der Waals surface area (Å²) < 4.78 is 54.1. The SMILES string of the molecule is C=CCS(=O)(=O)Nc1ccc2c(c1)N(S(=O)(=O)c1ccc(C)cc1)CCC2. The number of aryl methyl sites for hydroxylation is 2. The van der Waals surface area contributed by atoms with E-state index >= 15 is 0 Å². The molecular formula is C19H22N2O4S2. The summed E-state index contributed by atoms with van der Waals surface area (Å²) in [5, 5.41) is 0. The lowest BCUT2D eigenvalue weighted by Gasteiger charge is -2.31. The van der Waals surface area contributed by atoms with Crippen LogP contribution in [0.1, 0.15) is 17.5 Å². The summed E-state index contributed by atoms with van der Waals surface area (Å²) in [5.41, 5.74) is 2.71. The van der Waals surface area contributed by atoms with Gasteiger partial charge in [-0.1, -0.05) is 29.8 Å². The molecular weight excluding hydrogens is 384 g/mol. The molecule has 0 atom stereocenters. The fourth-order valence-corrected chi connectivity index (χ4v) is 5.48. The Morgan fingerprint density at radius 2 is 1.81 bits per heavy atom. The molecule has 0 bridgehead atoms. The molecule has 0 aliphatic carbocycles. The fourth-order valence-electron chi connectivity index (χ4n) is 3.07. The molecule has 1 N–H and O–H groups in total. The van der Waals surface area contributed by atoms with E-state index in [1.807, 2.05) is 6.92 Å². The predicted octanol–water partition coefficient (Wildman–Crippen LogP) is 3.06. The minimum absolute atomic E-state index is 0.213. The van der Waals surface area contributed by atoms with Crippen molar-refractivity contribution in [1.29, 1.82) is 0 Å². The van der Waals surface area contributed by atoms with Gasteiger partial charge in [-0.2, -0.15) is 0 Å². The molecule has 27 heavy (non-hydrogen) atoms. The summed E-state index contributed by atoms with van der Waals surface area (Å²) >= 11 is 0. The van der Waals surface area contributed by atoms with Crippen LogP contribution >= 0.6 is 0 Å². The van der Waals surface area contributed by atoms with Gasteiger partial charge in [-0.3, -0.25) is 9.03 Å². The van der Waals surface area contributed by atoms with Gasteiger partial charge < -0.3 is 0 Å². The second kappa shape index (κ2) is 7.36. The van der Waals surface area contributed by atoms with Gasteiger partial charge in [0.05, 0.1) is 22.0 Å². The van der Waals surface area contributed by atoms with E-state index in [-0.39, 0.29) is 10.6 Å². The summed E-state index contributed by atoms with van der Waals surface area (Å²) in [6, 6.07) is 11.7. The van der Waals surface area contributed by atoms with Crippen LogP contribution in [-0.4, -0.2) is 29.1 Å². The Morgan fingerprint density at radius 1 is 1.11 bits per heavy atom. The standard InChI is InChI=1S/C19H22N2O4S2/c1-3-13-26(22,23)20-17-9-8-16-5-4-12-21(19(16)14-17)27(24,25)18-10-6-15(2)7-11-18/h3,6-11,14,20H,1,4-5,12-13H2,2H3. The topological polar surface area (TPSA) is 83.6 Å². The molecule has 3 rings (SSSR count). The number of rotatable bonds is 6. The van der Waals surface area contributed by atoms with Crippen LogP contribution in [0.25, 0.3) is 0 Å². The zero-order valence-corrected chi connectivity index (χ0v) is 16.7. The first kappa shape index (κ1) is 19.4. The molecule has 1 heterocycles. The van der Waals surface area contributed by atoms with Gasteiger partial charge >= 0.3 is 0 Å². The largest absolute Gasteiger partial charge is 0.283 e. The van der Waals surface area contributed by atoms with Crippen molar-refractivity contribution in [1.82, 2.24) is 0 Å². The lowest BCUT2D eigenvalue weighted by molar-refractivity contribution is 0.586. The maximum absolute atomic E-state index is 13.1. The van der Waals surface area contributed by atoms with Crippen LogP contribution in [-0.2, 0) is 26.5 Å². The molecule has 0 saturated heterocycles. The van der Waals surface area contributed by atoms with Crippen LogP contribution in [0.15, 0.2) is 60.0 Å². The van der Waals surface area contributed by atoms with E-state index in [1.54, 1.807) is 42.5 Å². The third-order valence-electron chi connectivity index (χ3n) is 4.38. The van der Waals surface area contributed by atoms with Crippen molar-refractivity contribution in [3.8, 4) is 0 Å². The average molecular weight is 407 g/mol. The number of hydrogen-bond donors (Lipinski definition) is 1. The van der Waals surface area contributed by atoms with E-state index in [9.17, 15) is 16.8 Å². The van der Waals surface area contributed by atoms with Gasteiger partial charge in [0.25, 0.3) is 10.0 Å². The van der Waals surface area contributed by atoms with Gasteiger partial charge in [-0.25, -0.2) is 16.8 Å². The van der Waals surface area contributed by atoms with Crippen molar-refractivity contribution in [3.05, 3.63) is 66.2 Å². The minimum Gasteiger partial charge on any atom is -0.283 e. The lowest BCUT2D eigenvalue weighted by Crippen LogP contribution is -2.35. The average Bonchev–Trinajstić information content (AvgIpc) is 2.61. The van der Waals surface area contributed by atoms with Crippen molar-refractivity contribution in [3.63, 3.8) is 0 Å². The second-order valence-electron chi connectivity index (χ2n) is 6.51. The molecule has 0 amide bonds. The summed E-state index contributed by atoms with van der Waals surface area (Å²) in [6.45, 7) is 5.69. The second-order valence-corrected chi connectivity index (χ2v) is 10.1. The number of hydrogen-bond acceptors (Lipinski definition) is 4. The van der Waals surface area contributed by atoms with Crippen molar-refractivity contribution < 1.29 is 16.8 Å². The third kappa shape index (κ3) is 4.17. The van der Waals surface area contributed by atoms with Gasteiger partial charge in [0.15, 0.2) is 0 Å². The molecule has 0 unspecified atom stereocenters. The van der Waals surface area contributed by atoms with Crippen molar-refractivity contribution in [2.24, 2.45) is 0 Å². The summed E-state index contributed by atoms with van der Waals surface area (Å²) in [4.78, 5) is 0.221. The monoisotopic (exact) mass is 406 g/mol. The molecule has 1 aliphatic heterocycles. The van der Waals surface area contributed by atoms with Crippen molar-refractivity contribution in [2.45, 2.75) is 24.7 Å². The summed E-state index contributed by atoms with van der Waals surface area (Å²) in [5.74, 6) is -0.213. The van der Waals surface area contributed by atoms with E-state index in [0.717, 1.165) is 17.5 Å². The molecule has 0 aromatic heterocycles. The minimum atomic E-state index is -3.72. The van der Waals surface area contributed by atoms with Crippen LogP contribution in [0.3, 0.4) is 0 Å². The van der Waals surface area contributed by atoms with Crippen molar-refractivity contribution >= 4 is 31.4 Å². The third-order valence-corrected chi connectivity index (χ3v) is 7.43. The number of fused-ring (bicyclic) bond motifs is 1. The maximum atomic E-state index is 13.1. The number of nitrogens with zero attached hydrogens (tertiary/aromatic N) is 1. The Morgan fingerprint density at radius 3 is 2.48 bits per heavy atom. The first-order valence-corrected chi connectivity index (χ1v) is 11.7. The van der Waals surface area contributed by atoms with Crippen LogP contribution in [0.4, 0.5) is 11.4 Å². The quantitative estimate of drug-likeness (QED) is 0.748. The Hall–Kier alpha value is -2.32. The molecule has 0 saturated carbocycles. The molecule has 6 nitrogen and oxygen atoms in total. The highest BCUT2D eigenvalue weighted by Crippen LogP contribution is 2.34. The first-order valence-electron chi connectivity index (χ1n) is 8.57. The van der Waals surface area contributed by atoms with Crippen molar-refractivity contribution in [2.75, 3.05) is 21.3 Å². The molecule has 0 spiro atoms. The Balaban J connectivity index is 2.01. The van der Waals surface area contributed by atoms with E-state index in [0.29, 0.717) is 24.3 Å². The molecule has 2 aromatic carbocycles. The van der Waals surface area contributed by atoms with E-state index < -0.39 is 20.0 Å². The first-order chi connectivity index (χ1) is 12.7. The van der Waals surface area contributed by atoms with Crippen LogP contribution < -0.4 is 9.03 Å². The normalized spacial score (nSPS) is 14.5. The van der Waals surface area contributed by atoms with Gasteiger partial charge in [-0.15, -0.1) is 6.58 Å². The number of benzene rings is 2. The lowest BCUT2D eigenvalue weighted by atomic mass is 10.0. The van der Waals surface area contributed by atoms with Gasteiger partial charge in [0.1, 0.15) is 0 Å². The summed E-state index contributed by atoms with van der Waals surface area (Å²) in [6.07, 6.45) is 2.75. The summed E-state index contributed by atoms with van der Waals surface area (Å²) in [7, 11) is -7.28. The van der Waals surface area contributed by atoms with E-state index in [2.05, 4.69) is 11.3 Å². The van der Waals surface area contributed by atoms with Crippen LogP contribution in [0.2, 0.25) is 0 Å². The molecule has 1 aliphatic rings. The van der Waals surface area contributed by atoms with E-state index in [4.69, 9.17) is 0 Å². The van der Waals surface area contributed by atoms with Crippen LogP contribution in [0.5, 0.6) is 0 Å². The Bertz CT molecular complexity index is 1060. The zero-order valence-electron chi connectivity index (χ0n) is 15.1. The molecule has 8 heteroatoms. The van der Waals surface area contributed by atoms with Gasteiger partial charge in [-0.05, 0) is 49.6 Å². The highest BCUT2D eigenvalue weighted by atomic mass is 32.2. The fraction of sp³-hybridized carbons (Fsp3) is 0.263. The highest BCUT2D eigenvalue weighted by molar-refractivity contribution is 7.93. The molecule has 0 fully saturated rings.